The number of halogens is 2. The molecule has 6 heteroatoms. The van der Waals surface area contributed by atoms with Crippen molar-refractivity contribution in [3.05, 3.63) is 81.1 Å². The SMILES string of the molecule is CCOC(=O)c1cn(Cc2ccc(C)cc2)c2cc(F)c(F)cc2c1=O. The van der Waals surface area contributed by atoms with Gasteiger partial charge in [0.15, 0.2) is 11.6 Å². The van der Waals surface area contributed by atoms with Crippen LogP contribution in [-0.2, 0) is 11.3 Å². The van der Waals surface area contributed by atoms with Crippen molar-refractivity contribution in [1.82, 2.24) is 4.57 Å². The Morgan fingerprint density at radius 3 is 2.42 bits per heavy atom. The van der Waals surface area contributed by atoms with Crippen LogP contribution in [0.4, 0.5) is 8.78 Å². The summed E-state index contributed by atoms with van der Waals surface area (Å²) in [5, 5.41) is -0.0680. The molecule has 0 saturated carbocycles. The van der Waals surface area contributed by atoms with E-state index in [2.05, 4.69) is 0 Å². The number of benzene rings is 2. The minimum Gasteiger partial charge on any atom is -0.462 e. The van der Waals surface area contributed by atoms with Crippen molar-refractivity contribution in [2.45, 2.75) is 20.4 Å². The van der Waals surface area contributed by atoms with Crippen molar-refractivity contribution in [3.8, 4) is 0 Å². The maximum absolute atomic E-state index is 13.7. The molecule has 0 unspecified atom stereocenters. The third kappa shape index (κ3) is 3.35. The number of carbonyl (C=O) groups is 1. The zero-order valence-corrected chi connectivity index (χ0v) is 14.4. The number of carbonyl (C=O) groups excluding carboxylic acids is 1. The molecular formula is C20H17F2NO3. The van der Waals surface area contributed by atoms with Crippen molar-refractivity contribution >= 4 is 16.9 Å². The van der Waals surface area contributed by atoms with E-state index in [1.165, 1.54) is 6.20 Å². The second kappa shape index (κ2) is 7.07. The molecule has 0 atom stereocenters. The lowest BCUT2D eigenvalue weighted by atomic mass is 10.1. The van der Waals surface area contributed by atoms with Crippen molar-refractivity contribution in [2.24, 2.45) is 0 Å². The lowest BCUT2D eigenvalue weighted by Crippen LogP contribution is -2.21. The molecule has 26 heavy (non-hydrogen) atoms. The molecule has 0 aliphatic rings. The first-order chi connectivity index (χ1) is 12.4. The van der Waals surface area contributed by atoms with Crippen LogP contribution in [0.1, 0.15) is 28.4 Å². The monoisotopic (exact) mass is 357 g/mol. The van der Waals surface area contributed by atoms with Crippen LogP contribution in [0.25, 0.3) is 10.9 Å². The number of rotatable bonds is 4. The summed E-state index contributed by atoms with van der Waals surface area (Å²) in [5.41, 5.74) is 1.29. The summed E-state index contributed by atoms with van der Waals surface area (Å²) in [5.74, 6) is -2.99. The normalized spacial score (nSPS) is 10.9. The van der Waals surface area contributed by atoms with Gasteiger partial charge in [-0.2, -0.15) is 0 Å². The maximum Gasteiger partial charge on any atom is 0.343 e. The van der Waals surface area contributed by atoms with E-state index >= 15 is 0 Å². The smallest absolute Gasteiger partial charge is 0.343 e. The number of hydrogen-bond acceptors (Lipinski definition) is 3. The summed E-state index contributed by atoms with van der Waals surface area (Å²) in [6.07, 6.45) is 1.33. The topological polar surface area (TPSA) is 48.3 Å². The van der Waals surface area contributed by atoms with Crippen LogP contribution in [0.2, 0.25) is 0 Å². The van der Waals surface area contributed by atoms with Crippen LogP contribution in [0.15, 0.2) is 47.4 Å². The number of fused-ring (bicyclic) bond motifs is 1. The summed E-state index contributed by atoms with van der Waals surface area (Å²) in [4.78, 5) is 24.7. The summed E-state index contributed by atoms with van der Waals surface area (Å²) >= 11 is 0. The Hall–Kier alpha value is -3.02. The van der Waals surface area contributed by atoms with E-state index < -0.39 is 23.0 Å². The summed E-state index contributed by atoms with van der Waals surface area (Å²) < 4.78 is 33.9. The summed E-state index contributed by atoms with van der Waals surface area (Å²) in [6.45, 7) is 3.97. The van der Waals surface area contributed by atoms with E-state index in [1.54, 1.807) is 11.5 Å². The lowest BCUT2D eigenvalue weighted by Gasteiger charge is -2.14. The molecule has 3 aromatic rings. The molecule has 0 N–H and O–H groups in total. The van der Waals surface area contributed by atoms with Gasteiger partial charge in [0.2, 0.25) is 5.43 Å². The van der Waals surface area contributed by atoms with Crippen molar-refractivity contribution < 1.29 is 18.3 Å². The van der Waals surface area contributed by atoms with Gasteiger partial charge in [-0.1, -0.05) is 29.8 Å². The zero-order valence-electron chi connectivity index (χ0n) is 14.4. The first-order valence-electron chi connectivity index (χ1n) is 8.15. The molecule has 134 valence electrons. The zero-order chi connectivity index (χ0) is 18.8. The second-order valence-electron chi connectivity index (χ2n) is 5.99. The Balaban J connectivity index is 2.23. The van der Waals surface area contributed by atoms with Crippen LogP contribution in [0, 0.1) is 18.6 Å². The molecular weight excluding hydrogens is 340 g/mol. The van der Waals surface area contributed by atoms with E-state index in [1.807, 2.05) is 31.2 Å². The van der Waals surface area contributed by atoms with Crippen LogP contribution in [0.3, 0.4) is 0 Å². The number of aromatic nitrogens is 1. The van der Waals surface area contributed by atoms with Gasteiger partial charge in [0, 0.05) is 24.2 Å². The van der Waals surface area contributed by atoms with Gasteiger partial charge in [-0.3, -0.25) is 4.79 Å². The van der Waals surface area contributed by atoms with Gasteiger partial charge in [-0.15, -0.1) is 0 Å². The Morgan fingerprint density at radius 1 is 1.12 bits per heavy atom. The second-order valence-corrected chi connectivity index (χ2v) is 5.99. The molecule has 1 heterocycles. The highest BCUT2D eigenvalue weighted by Crippen LogP contribution is 2.19. The van der Waals surface area contributed by atoms with E-state index in [-0.39, 0.29) is 29.6 Å². The molecule has 0 saturated heterocycles. The minimum atomic E-state index is -1.14. The number of aryl methyl sites for hydroxylation is 1. The lowest BCUT2D eigenvalue weighted by molar-refractivity contribution is 0.0524. The Kier molecular flexibility index (Phi) is 4.84. The quantitative estimate of drug-likeness (QED) is 0.667. The average molecular weight is 357 g/mol. The van der Waals surface area contributed by atoms with Gasteiger partial charge in [0.05, 0.1) is 12.1 Å². The Bertz CT molecular complexity index is 1040. The Morgan fingerprint density at radius 2 is 1.77 bits per heavy atom. The third-order valence-corrected chi connectivity index (χ3v) is 4.09. The van der Waals surface area contributed by atoms with Gasteiger partial charge >= 0.3 is 5.97 Å². The number of esters is 1. The van der Waals surface area contributed by atoms with Crippen LogP contribution < -0.4 is 5.43 Å². The highest BCUT2D eigenvalue weighted by Gasteiger charge is 2.18. The van der Waals surface area contributed by atoms with Crippen LogP contribution in [-0.4, -0.2) is 17.1 Å². The average Bonchev–Trinajstić information content (AvgIpc) is 2.61. The van der Waals surface area contributed by atoms with E-state index in [9.17, 15) is 18.4 Å². The molecule has 4 nitrogen and oxygen atoms in total. The van der Waals surface area contributed by atoms with Gasteiger partial charge in [0.25, 0.3) is 0 Å². The molecule has 1 aromatic heterocycles. The van der Waals surface area contributed by atoms with Gasteiger partial charge in [0.1, 0.15) is 5.56 Å². The first-order valence-corrected chi connectivity index (χ1v) is 8.15. The molecule has 0 radical (unpaired) electrons. The highest BCUT2D eigenvalue weighted by atomic mass is 19.2. The number of hydrogen-bond donors (Lipinski definition) is 0. The predicted molar refractivity (Wildman–Crippen MR) is 94.4 cm³/mol. The van der Waals surface area contributed by atoms with Gasteiger partial charge in [-0.05, 0) is 25.5 Å². The summed E-state index contributed by atoms with van der Waals surface area (Å²) in [6, 6.07) is 9.42. The first kappa shape index (κ1) is 17.8. The maximum atomic E-state index is 13.7. The molecule has 0 amide bonds. The fourth-order valence-electron chi connectivity index (χ4n) is 2.76. The molecule has 0 bridgehead atoms. The van der Waals surface area contributed by atoms with E-state index in [0.29, 0.717) is 0 Å². The van der Waals surface area contributed by atoms with Crippen LogP contribution >= 0.6 is 0 Å². The standard InChI is InChI=1S/C20H17F2NO3/c1-3-26-20(25)15-11-23(10-13-6-4-12(2)5-7-13)18-9-17(22)16(21)8-14(18)19(15)24/h4-9,11H,3,10H2,1-2H3. The highest BCUT2D eigenvalue weighted by molar-refractivity contribution is 5.93. The number of ether oxygens (including phenoxy) is 1. The molecule has 0 aliphatic carbocycles. The third-order valence-electron chi connectivity index (χ3n) is 4.09. The Labute approximate surface area is 148 Å². The fraction of sp³-hybridized carbons (Fsp3) is 0.200. The summed E-state index contributed by atoms with van der Waals surface area (Å²) in [7, 11) is 0. The fourth-order valence-corrected chi connectivity index (χ4v) is 2.76. The van der Waals surface area contributed by atoms with Gasteiger partial charge in [-0.25, -0.2) is 13.6 Å². The van der Waals surface area contributed by atoms with Gasteiger partial charge < -0.3 is 9.30 Å². The molecule has 2 aromatic carbocycles. The van der Waals surface area contributed by atoms with E-state index in [0.717, 1.165) is 23.3 Å². The predicted octanol–water partition coefficient (Wildman–Crippen LogP) is 3.81. The largest absolute Gasteiger partial charge is 0.462 e. The molecule has 0 fully saturated rings. The molecule has 3 rings (SSSR count). The van der Waals surface area contributed by atoms with E-state index in [4.69, 9.17) is 4.74 Å². The van der Waals surface area contributed by atoms with Crippen LogP contribution in [0.5, 0.6) is 0 Å². The molecule has 0 aliphatic heterocycles. The molecule has 0 spiro atoms. The number of nitrogens with zero attached hydrogens (tertiary/aromatic N) is 1. The van der Waals surface area contributed by atoms with Crippen molar-refractivity contribution in [2.75, 3.05) is 6.61 Å². The minimum absolute atomic E-state index is 0.0680. The number of pyridine rings is 1. The van der Waals surface area contributed by atoms with Crippen molar-refractivity contribution in [1.29, 1.82) is 0 Å². The van der Waals surface area contributed by atoms with Crippen molar-refractivity contribution in [3.63, 3.8) is 0 Å².